The van der Waals surface area contributed by atoms with Gasteiger partial charge in [0.15, 0.2) is 0 Å². The summed E-state index contributed by atoms with van der Waals surface area (Å²) in [6.07, 6.45) is 3.82. The lowest BCUT2D eigenvalue weighted by Gasteiger charge is -2.46. The Bertz CT molecular complexity index is 373. The maximum atomic E-state index is 13.0. The lowest BCUT2D eigenvalue weighted by Crippen LogP contribution is -2.68. The van der Waals surface area contributed by atoms with Crippen LogP contribution >= 0.6 is 11.8 Å². The van der Waals surface area contributed by atoms with Crippen molar-refractivity contribution in [3.8, 4) is 0 Å². The summed E-state index contributed by atoms with van der Waals surface area (Å²) >= 11 is 1.73. The van der Waals surface area contributed by atoms with Crippen LogP contribution in [0.1, 0.15) is 47.5 Å². The van der Waals surface area contributed by atoms with Gasteiger partial charge in [0.05, 0.1) is 0 Å². The minimum absolute atomic E-state index is 0.00875. The number of hydrogen-bond acceptors (Lipinski definition) is 3. The minimum Gasteiger partial charge on any atom is -0.342 e. The smallest absolute Gasteiger partial charge is 0.246 e. The van der Waals surface area contributed by atoms with Gasteiger partial charge in [0.2, 0.25) is 11.8 Å². The van der Waals surface area contributed by atoms with Crippen molar-refractivity contribution < 1.29 is 9.59 Å². The van der Waals surface area contributed by atoms with Crippen LogP contribution in [0.2, 0.25) is 0 Å². The van der Waals surface area contributed by atoms with Crippen molar-refractivity contribution in [1.29, 1.82) is 0 Å². The summed E-state index contributed by atoms with van der Waals surface area (Å²) in [6.45, 7) is 10.2. The van der Waals surface area contributed by atoms with Crippen LogP contribution in [0.15, 0.2) is 0 Å². The zero-order valence-corrected chi connectivity index (χ0v) is 15.0. The van der Waals surface area contributed by atoms with Crippen molar-refractivity contribution in [2.75, 3.05) is 12.0 Å². The Morgan fingerprint density at radius 3 is 2.24 bits per heavy atom. The van der Waals surface area contributed by atoms with Crippen LogP contribution in [-0.2, 0) is 9.59 Å². The zero-order chi connectivity index (χ0) is 16.2. The molecule has 0 radical (unpaired) electrons. The molecule has 1 N–H and O–H groups in total. The van der Waals surface area contributed by atoms with E-state index in [1.807, 2.05) is 31.9 Å². The number of carbonyl (C=O) groups excluding carboxylic acids is 2. The predicted molar refractivity (Wildman–Crippen MR) is 89.3 cm³/mol. The summed E-state index contributed by atoms with van der Waals surface area (Å²) in [5, 5.41) is 2.96. The number of nitrogens with zero attached hydrogens (tertiary/aromatic N) is 1. The molecule has 122 valence electrons. The highest BCUT2D eigenvalue weighted by Gasteiger charge is 2.45. The first-order chi connectivity index (χ1) is 9.88. The molecule has 1 aliphatic heterocycles. The van der Waals surface area contributed by atoms with Gasteiger partial charge in [-0.25, -0.2) is 0 Å². The van der Waals surface area contributed by atoms with E-state index in [2.05, 4.69) is 19.2 Å². The second kappa shape index (κ2) is 8.06. The van der Waals surface area contributed by atoms with Gasteiger partial charge in [0, 0.05) is 11.8 Å². The van der Waals surface area contributed by atoms with Gasteiger partial charge in [0.25, 0.3) is 0 Å². The molecule has 1 fully saturated rings. The van der Waals surface area contributed by atoms with E-state index >= 15 is 0 Å². The molecule has 0 aliphatic carbocycles. The summed E-state index contributed by atoms with van der Waals surface area (Å²) in [4.78, 5) is 27.4. The Balaban J connectivity index is 3.13. The SMILES string of the molecule is CCC(C)C1NC(=O)C(C(C)C)N(C(CC)CSC)C1=O. The standard InChI is InChI=1S/C16H30N2O2S/c1-7-11(5)13-16(20)18(12(8-2)9-21-6)14(10(3)4)15(19)17-13/h10-14H,7-9H2,1-6H3,(H,17,19). The van der Waals surface area contributed by atoms with E-state index in [0.717, 1.165) is 18.6 Å². The van der Waals surface area contributed by atoms with Crippen LogP contribution in [0, 0.1) is 11.8 Å². The zero-order valence-electron chi connectivity index (χ0n) is 14.2. The van der Waals surface area contributed by atoms with E-state index in [-0.39, 0.29) is 41.8 Å². The summed E-state index contributed by atoms with van der Waals surface area (Å²) < 4.78 is 0. The van der Waals surface area contributed by atoms with Crippen molar-refractivity contribution in [2.45, 2.75) is 65.6 Å². The molecule has 21 heavy (non-hydrogen) atoms. The summed E-state index contributed by atoms with van der Waals surface area (Å²) in [5.41, 5.74) is 0. The Morgan fingerprint density at radius 1 is 1.19 bits per heavy atom. The lowest BCUT2D eigenvalue weighted by molar-refractivity contribution is -0.155. The number of amides is 2. The average molecular weight is 314 g/mol. The fourth-order valence-corrected chi connectivity index (χ4v) is 3.75. The lowest BCUT2D eigenvalue weighted by atomic mass is 9.89. The highest BCUT2D eigenvalue weighted by molar-refractivity contribution is 7.98. The molecule has 0 aromatic rings. The van der Waals surface area contributed by atoms with Crippen LogP contribution in [0.5, 0.6) is 0 Å². The quantitative estimate of drug-likeness (QED) is 0.785. The molecule has 1 rings (SSSR count). The van der Waals surface area contributed by atoms with Gasteiger partial charge in [-0.05, 0) is 24.5 Å². The van der Waals surface area contributed by atoms with Crippen molar-refractivity contribution in [3.05, 3.63) is 0 Å². The van der Waals surface area contributed by atoms with E-state index in [4.69, 9.17) is 0 Å². The van der Waals surface area contributed by atoms with Gasteiger partial charge in [-0.1, -0.05) is 41.0 Å². The van der Waals surface area contributed by atoms with Gasteiger partial charge in [-0.2, -0.15) is 11.8 Å². The molecule has 0 bridgehead atoms. The van der Waals surface area contributed by atoms with E-state index in [9.17, 15) is 9.59 Å². The van der Waals surface area contributed by atoms with Crippen LogP contribution in [-0.4, -0.2) is 46.8 Å². The normalized spacial score (nSPS) is 26.0. The number of nitrogens with one attached hydrogen (secondary N) is 1. The first-order valence-electron chi connectivity index (χ1n) is 8.00. The van der Waals surface area contributed by atoms with Crippen molar-refractivity contribution >= 4 is 23.6 Å². The Hall–Kier alpha value is -0.710. The summed E-state index contributed by atoms with van der Waals surface area (Å²) in [5.74, 6) is 1.29. The third-order valence-corrected chi connectivity index (χ3v) is 5.17. The fourth-order valence-electron chi connectivity index (χ4n) is 2.96. The number of rotatable bonds is 7. The van der Waals surface area contributed by atoms with Crippen LogP contribution in [0.3, 0.4) is 0 Å². The predicted octanol–water partition coefficient (Wildman–Crippen LogP) is 2.53. The maximum absolute atomic E-state index is 13.0. The molecule has 4 unspecified atom stereocenters. The number of piperazine rings is 1. The monoisotopic (exact) mass is 314 g/mol. The van der Waals surface area contributed by atoms with E-state index in [0.29, 0.717) is 0 Å². The molecule has 1 heterocycles. The van der Waals surface area contributed by atoms with Crippen LogP contribution in [0.25, 0.3) is 0 Å². The van der Waals surface area contributed by atoms with Crippen molar-refractivity contribution in [2.24, 2.45) is 11.8 Å². The van der Waals surface area contributed by atoms with E-state index < -0.39 is 0 Å². The molecule has 1 aliphatic rings. The molecule has 2 amide bonds. The second-order valence-corrected chi connectivity index (χ2v) is 7.23. The molecule has 0 saturated carbocycles. The number of thioether (sulfide) groups is 1. The van der Waals surface area contributed by atoms with Gasteiger partial charge >= 0.3 is 0 Å². The number of carbonyl (C=O) groups is 2. The molecule has 1 saturated heterocycles. The molecule has 0 aromatic carbocycles. The molecular weight excluding hydrogens is 284 g/mol. The van der Waals surface area contributed by atoms with Crippen LogP contribution in [0.4, 0.5) is 0 Å². The second-order valence-electron chi connectivity index (χ2n) is 6.32. The highest BCUT2D eigenvalue weighted by atomic mass is 32.2. The van der Waals surface area contributed by atoms with Gasteiger partial charge in [-0.15, -0.1) is 0 Å². The Labute approximate surface area is 133 Å². The highest BCUT2D eigenvalue weighted by Crippen LogP contribution is 2.26. The number of hydrogen-bond donors (Lipinski definition) is 1. The first kappa shape index (κ1) is 18.3. The summed E-state index contributed by atoms with van der Waals surface area (Å²) in [7, 11) is 0. The molecule has 5 heteroatoms. The molecule has 0 aromatic heterocycles. The third kappa shape index (κ3) is 3.93. The van der Waals surface area contributed by atoms with Gasteiger partial charge in [0.1, 0.15) is 12.1 Å². The molecular formula is C16H30N2O2S. The Kier molecular flexibility index (Phi) is 7.04. The Morgan fingerprint density at radius 2 is 1.81 bits per heavy atom. The van der Waals surface area contributed by atoms with E-state index in [1.54, 1.807) is 11.8 Å². The maximum Gasteiger partial charge on any atom is 0.246 e. The van der Waals surface area contributed by atoms with Crippen molar-refractivity contribution in [3.63, 3.8) is 0 Å². The van der Waals surface area contributed by atoms with Crippen LogP contribution < -0.4 is 5.32 Å². The molecule has 4 atom stereocenters. The van der Waals surface area contributed by atoms with Crippen molar-refractivity contribution in [1.82, 2.24) is 10.2 Å². The van der Waals surface area contributed by atoms with E-state index in [1.165, 1.54) is 0 Å². The molecule has 0 spiro atoms. The molecule has 4 nitrogen and oxygen atoms in total. The van der Waals surface area contributed by atoms with Gasteiger partial charge in [-0.3, -0.25) is 9.59 Å². The first-order valence-corrected chi connectivity index (χ1v) is 9.39. The topological polar surface area (TPSA) is 49.4 Å². The fraction of sp³-hybridized carbons (Fsp3) is 0.875. The third-order valence-electron chi connectivity index (χ3n) is 4.45. The summed E-state index contributed by atoms with van der Waals surface area (Å²) in [6, 6.07) is -0.569. The largest absolute Gasteiger partial charge is 0.342 e. The average Bonchev–Trinajstić information content (AvgIpc) is 2.45. The van der Waals surface area contributed by atoms with Gasteiger partial charge < -0.3 is 10.2 Å². The minimum atomic E-state index is -0.367.